The van der Waals surface area contributed by atoms with Gasteiger partial charge in [0, 0.05) is 12.6 Å². The molecule has 1 aromatic carbocycles. The van der Waals surface area contributed by atoms with E-state index in [2.05, 4.69) is 37.8 Å². The van der Waals surface area contributed by atoms with Crippen LogP contribution in [0.3, 0.4) is 0 Å². The third-order valence-electron chi connectivity index (χ3n) is 3.93. The summed E-state index contributed by atoms with van der Waals surface area (Å²) in [5, 5.41) is 0. The smallest absolute Gasteiger partial charge is 0.242 e. The first-order valence-electron chi connectivity index (χ1n) is 6.38. The first kappa shape index (κ1) is 13.1. The molecule has 1 fully saturated rings. The molecule has 0 spiro atoms. The molecule has 18 heavy (non-hydrogen) atoms. The second-order valence-electron chi connectivity index (χ2n) is 6.03. The SMILES string of the molecule is CN1C(=O)[C@@H](N(C)C(C)(C)C)[C@@H]1c1ccccc1. The van der Waals surface area contributed by atoms with Crippen LogP contribution in [0.5, 0.6) is 0 Å². The highest BCUT2D eigenvalue weighted by Crippen LogP contribution is 2.38. The molecular formula is C15H22N2O. The maximum Gasteiger partial charge on any atom is 0.242 e. The Balaban J connectivity index is 2.28. The number of hydrogen-bond acceptors (Lipinski definition) is 2. The topological polar surface area (TPSA) is 23.6 Å². The summed E-state index contributed by atoms with van der Waals surface area (Å²) < 4.78 is 0. The monoisotopic (exact) mass is 246 g/mol. The van der Waals surface area contributed by atoms with Gasteiger partial charge in [0.1, 0.15) is 6.04 Å². The molecule has 0 radical (unpaired) electrons. The molecule has 3 heteroatoms. The molecule has 1 saturated heterocycles. The third-order valence-corrected chi connectivity index (χ3v) is 3.93. The van der Waals surface area contributed by atoms with Gasteiger partial charge in [0.25, 0.3) is 0 Å². The van der Waals surface area contributed by atoms with Crippen LogP contribution < -0.4 is 0 Å². The Kier molecular flexibility index (Phi) is 3.20. The number of benzene rings is 1. The number of carbonyl (C=O) groups excluding carboxylic acids is 1. The maximum atomic E-state index is 12.1. The van der Waals surface area contributed by atoms with E-state index in [1.807, 2.05) is 37.2 Å². The summed E-state index contributed by atoms with van der Waals surface area (Å²) in [6.45, 7) is 6.42. The van der Waals surface area contributed by atoms with Crippen LogP contribution in [0.25, 0.3) is 0 Å². The minimum atomic E-state index is -0.0441. The molecular weight excluding hydrogens is 224 g/mol. The van der Waals surface area contributed by atoms with Crippen LogP contribution in [-0.2, 0) is 4.79 Å². The maximum absolute atomic E-state index is 12.1. The van der Waals surface area contributed by atoms with Crippen LogP contribution >= 0.6 is 0 Å². The molecule has 2 rings (SSSR count). The Hall–Kier alpha value is -1.35. The van der Waals surface area contributed by atoms with E-state index in [1.54, 1.807) is 0 Å². The van der Waals surface area contributed by atoms with Crippen molar-refractivity contribution in [3.63, 3.8) is 0 Å². The summed E-state index contributed by atoms with van der Waals surface area (Å²) in [6, 6.07) is 10.4. The molecule has 0 saturated carbocycles. The number of likely N-dealkylation sites (tertiary alicyclic amines) is 1. The molecule has 1 aliphatic rings. The van der Waals surface area contributed by atoms with Gasteiger partial charge in [0.2, 0.25) is 5.91 Å². The molecule has 0 N–H and O–H groups in total. The van der Waals surface area contributed by atoms with E-state index in [-0.39, 0.29) is 23.5 Å². The number of likely N-dealkylation sites (N-methyl/N-ethyl adjacent to an activating group) is 2. The zero-order chi connectivity index (χ0) is 13.5. The number of amides is 1. The van der Waals surface area contributed by atoms with Crippen molar-refractivity contribution in [2.75, 3.05) is 14.1 Å². The number of hydrogen-bond donors (Lipinski definition) is 0. The Labute approximate surface area is 109 Å². The van der Waals surface area contributed by atoms with Gasteiger partial charge in [-0.1, -0.05) is 30.3 Å². The van der Waals surface area contributed by atoms with Gasteiger partial charge in [0.05, 0.1) is 6.04 Å². The molecule has 1 heterocycles. The highest BCUT2D eigenvalue weighted by atomic mass is 16.2. The van der Waals surface area contributed by atoms with Gasteiger partial charge in [-0.3, -0.25) is 9.69 Å². The van der Waals surface area contributed by atoms with Crippen molar-refractivity contribution in [1.29, 1.82) is 0 Å². The molecule has 1 aromatic rings. The van der Waals surface area contributed by atoms with Gasteiger partial charge >= 0.3 is 0 Å². The molecule has 98 valence electrons. The standard InChI is InChI=1S/C15H22N2O/c1-15(2,3)17(5)13-12(16(4)14(13)18)11-9-7-6-8-10-11/h6-10,12-13H,1-5H3/t12-,13-/m0/s1. The van der Waals surface area contributed by atoms with Crippen molar-refractivity contribution in [3.05, 3.63) is 35.9 Å². The van der Waals surface area contributed by atoms with E-state index in [9.17, 15) is 4.79 Å². The quantitative estimate of drug-likeness (QED) is 0.748. The first-order chi connectivity index (χ1) is 8.34. The molecule has 1 amide bonds. The van der Waals surface area contributed by atoms with Gasteiger partial charge in [-0.15, -0.1) is 0 Å². The Morgan fingerprint density at radius 2 is 1.72 bits per heavy atom. The van der Waals surface area contributed by atoms with Crippen LogP contribution in [0.2, 0.25) is 0 Å². The molecule has 2 atom stereocenters. The Bertz CT molecular complexity index is 436. The molecule has 0 aliphatic carbocycles. The van der Waals surface area contributed by atoms with Gasteiger partial charge in [-0.2, -0.15) is 0 Å². The van der Waals surface area contributed by atoms with Crippen molar-refractivity contribution < 1.29 is 4.79 Å². The van der Waals surface area contributed by atoms with Crippen molar-refractivity contribution in [2.45, 2.75) is 38.4 Å². The van der Waals surface area contributed by atoms with E-state index in [4.69, 9.17) is 0 Å². The first-order valence-corrected chi connectivity index (χ1v) is 6.38. The lowest BCUT2D eigenvalue weighted by molar-refractivity contribution is -0.160. The van der Waals surface area contributed by atoms with E-state index >= 15 is 0 Å². The number of carbonyl (C=O) groups is 1. The molecule has 0 unspecified atom stereocenters. The number of nitrogens with zero attached hydrogens (tertiary/aromatic N) is 2. The minimum Gasteiger partial charge on any atom is -0.335 e. The van der Waals surface area contributed by atoms with Crippen molar-refractivity contribution >= 4 is 5.91 Å². The predicted octanol–water partition coefficient (Wildman–Crippen LogP) is 2.30. The lowest BCUT2D eigenvalue weighted by Crippen LogP contribution is -2.66. The van der Waals surface area contributed by atoms with E-state index in [1.165, 1.54) is 5.56 Å². The highest BCUT2D eigenvalue weighted by molar-refractivity contribution is 5.89. The lowest BCUT2D eigenvalue weighted by atomic mass is 9.86. The molecule has 1 aliphatic heterocycles. The third kappa shape index (κ3) is 2.03. The van der Waals surface area contributed by atoms with E-state index < -0.39 is 0 Å². The van der Waals surface area contributed by atoms with Crippen molar-refractivity contribution in [1.82, 2.24) is 9.80 Å². The van der Waals surface area contributed by atoms with Crippen molar-refractivity contribution in [2.24, 2.45) is 0 Å². The lowest BCUT2D eigenvalue weighted by Gasteiger charge is -2.52. The largest absolute Gasteiger partial charge is 0.335 e. The summed E-state index contributed by atoms with van der Waals surface area (Å²) in [4.78, 5) is 16.1. The van der Waals surface area contributed by atoms with Crippen LogP contribution in [0.15, 0.2) is 30.3 Å². The fourth-order valence-corrected chi connectivity index (χ4v) is 2.46. The zero-order valence-corrected chi connectivity index (χ0v) is 11.8. The van der Waals surface area contributed by atoms with Crippen LogP contribution in [-0.4, -0.2) is 41.4 Å². The van der Waals surface area contributed by atoms with Crippen LogP contribution in [0.4, 0.5) is 0 Å². The molecule has 0 bridgehead atoms. The fraction of sp³-hybridized carbons (Fsp3) is 0.533. The second kappa shape index (κ2) is 4.39. The van der Waals surface area contributed by atoms with Gasteiger partial charge in [-0.25, -0.2) is 0 Å². The Morgan fingerprint density at radius 1 is 1.17 bits per heavy atom. The van der Waals surface area contributed by atoms with E-state index in [0.29, 0.717) is 0 Å². The summed E-state index contributed by atoms with van der Waals surface area (Å²) in [5.74, 6) is 0.210. The summed E-state index contributed by atoms with van der Waals surface area (Å²) in [5.41, 5.74) is 1.20. The summed E-state index contributed by atoms with van der Waals surface area (Å²) >= 11 is 0. The van der Waals surface area contributed by atoms with Gasteiger partial charge < -0.3 is 4.90 Å². The normalized spacial score (nSPS) is 24.3. The van der Waals surface area contributed by atoms with E-state index in [0.717, 1.165) is 0 Å². The van der Waals surface area contributed by atoms with Crippen molar-refractivity contribution in [3.8, 4) is 0 Å². The number of rotatable bonds is 2. The highest BCUT2D eigenvalue weighted by Gasteiger charge is 2.50. The zero-order valence-electron chi connectivity index (χ0n) is 11.8. The average Bonchev–Trinajstić information content (AvgIpc) is 2.33. The molecule has 3 nitrogen and oxygen atoms in total. The second-order valence-corrected chi connectivity index (χ2v) is 6.03. The average molecular weight is 246 g/mol. The number of β-lactam (4-membered cyclic amide) rings is 1. The predicted molar refractivity (Wildman–Crippen MR) is 73.3 cm³/mol. The molecule has 0 aromatic heterocycles. The summed E-state index contributed by atoms with van der Waals surface area (Å²) in [7, 11) is 3.92. The minimum absolute atomic E-state index is 0.00534. The fourth-order valence-electron chi connectivity index (χ4n) is 2.46. The van der Waals surface area contributed by atoms with Gasteiger partial charge in [0.15, 0.2) is 0 Å². The van der Waals surface area contributed by atoms with Crippen LogP contribution in [0, 0.1) is 0 Å². The van der Waals surface area contributed by atoms with Crippen LogP contribution in [0.1, 0.15) is 32.4 Å². The van der Waals surface area contributed by atoms with Gasteiger partial charge in [-0.05, 0) is 33.4 Å². The Morgan fingerprint density at radius 3 is 2.22 bits per heavy atom. The summed E-state index contributed by atoms with van der Waals surface area (Å²) in [6.07, 6.45) is 0.